The number of carbonyl (C=O) groups is 1. The molecule has 3 aromatic rings. The molecule has 1 N–H and O–H groups in total. The van der Waals surface area contributed by atoms with Crippen molar-refractivity contribution >= 4 is 17.6 Å². The quantitative estimate of drug-likeness (QED) is 0.685. The molecule has 2 aromatic heterocycles. The van der Waals surface area contributed by atoms with Crippen molar-refractivity contribution in [2.75, 3.05) is 21.3 Å². The number of hydrogen-bond donors (Lipinski definition) is 1. The van der Waals surface area contributed by atoms with E-state index >= 15 is 0 Å². The number of hydrogen-bond acceptors (Lipinski definition) is 5. The molecule has 134 valence electrons. The number of ether oxygens (including phenoxy) is 3. The van der Waals surface area contributed by atoms with Crippen LogP contribution in [0.5, 0.6) is 17.2 Å². The Morgan fingerprint density at radius 1 is 1.12 bits per heavy atom. The minimum atomic E-state index is -1.03. The Kier molecular flexibility index (Phi) is 4.79. The summed E-state index contributed by atoms with van der Waals surface area (Å²) < 4.78 is 18.0. The number of pyridine rings is 1. The molecule has 3 rings (SSSR count). The van der Waals surface area contributed by atoms with Crippen molar-refractivity contribution in [3.63, 3.8) is 0 Å². The van der Waals surface area contributed by atoms with Crippen molar-refractivity contribution in [2.24, 2.45) is 0 Å². The number of nitrogens with zero attached hydrogens (tertiary/aromatic N) is 2. The van der Waals surface area contributed by atoms with Crippen LogP contribution in [0.25, 0.3) is 23.0 Å². The van der Waals surface area contributed by atoms with Crippen molar-refractivity contribution in [1.82, 2.24) is 9.38 Å². The van der Waals surface area contributed by atoms with Gasteiger partial charge in [-0.15, -0.1) is 0 Å². The van der Waals surface area contributed by atoms with Gasteiger partial charge in [0.05, 0.1) is 32.5 Å². The van der Waals surface area contributed by atoms with Crippen LogP contribution in [0.4, 0.5) is 0 Å². The number of carboxylic acid groups (broad SMARTS) is 1. The van der Waals surface area contributed by atoms with Crippen LogP contribution in [0.3, 0.4) is 0 Å². The summed E-state index contributed by atoms with van der Waals surface area (Å²) in [6.45, 7) is 0. The number of methoxy groups -OCH3 is 3. The van der Waals surface area contributed by atoms with Crippen LogP contribution in [0.1, 0.15) is 5.69 Å². The molecule has 0 saturated heterocycles. The molecule has 0 bridgehead atoms. The molecule has 0 aliphatic carbocycles. The number of rotatable bonds is 6. The zero-order valence-corrected chi connectivity index (χ0v) is 14.6. The SMILES string of the molecule is COc1cc(-c2nc(C=CC(=O)O)c3ccccn23)cc(OC)c1OC. The van der Waals surface area contributed by atoms with Gasteiger partial charge in [-0.25, -0.2) is 9.78 Å². The fraction of sp³-hybridized carbons (Fsp3) is 0.158. The molecule has 1 aromatic carbocycles. The van der Waals surface area contributed by atoms with E-state index in [2.05, 4.69) is 4.98 Å². The lowest BCUT2D eigenvalue weighted by molar-refractivity contribution is -0.131. The zero-order chi connectivity index (χ0) is 18.7. The summed E-state index contributed by atoms with van der Waals surface area (Å²) >= 11 is 0. The first-order valence-electron chi connectivity index (χ1n) is 7.77. The highest BCUT2D eigenvalue weighted by Crippen LogP contribution is 2.41. The van der Waals surface area contributed by atoms with E-state index in [0.29, 0.717) is 28.8 Å². The predicted molar refractivity (Wildman–Crippen MR) is 97.0 cm³/mol. The van der Waals surface area contributed by atoms with Gasteiger partial charge in [-0.2, -0.15) is 0 Å². The molecule has 0 radical (unpaired) electrons. The van der Waals surface area contributed by atoms with Crippen LogP contribution in [0, 0.1) is 0 Å². The molecule has 0 saturated carbocycles. The Labute approximate surface area is 150 Å². The van der Waals surface area contributed by atoms with Crippen LogP contribution >= 0.6 is 0 Å². The largest absolute Gasteiger partial charge is 0.493 e. The molecule has 7 nitrogen and oxygen atoms in total. The second kappa shape index (κ2) is 7.18. The number of benzene rings is 1. The first-order valence-corrected chi connectivity index (χ1v) is 7.77. The van der Waals surface area contributed by atoms with Crippen LogP contribution in [-0.2, 0) is 4.79 Å². The van der Waals surface area contributed by atoms with Crippen molar-refractivity contribution in [1.29, 1.82) is 0 Å². The summed E-state index contributed by atoms with van der Waals surface area (Å²) in [5.41, 5.74) is 2.08. The average molecular weight is 354 g/mol. The lowest BCUT2D eigenvalue weighted by Crippen LogP contribution is -1.97. The summed E-state index contributed by atoms with van der Waals surface area (Å²) in [5, 5.41) is 8.90. The molecule has 0 aliphatic rings. The lowest BCUT2D eigenvalue weighted by atomic mass is 10.1. The van der Waals surface area contributed by atoms with Crippen molar-refractivity contribution < 1.29 is 24.1 Å². The van der Waals surface area contributed by atoms with Gasteiger partial charge in [0.25, 0.3) is 0 Å². The summed E-state index contributed by atoms with van der Waals surface area (Å²) in [6.07, 6.45) is 4.40. The third-order valence-corrected chi connectivity index (χ3v) is 3.88. The fourth-order valence-electron chi connectivity index (χ4n) is 2.75. The van der Waals surface area contributed by atoms with E-state index < -0.39 is 5.97 Å². The molecule has 2 heterocycles. The molecule has 0 fully saturated rings. The van der Waals surface area contributed by atoms with Crippen LogP contribution < -0.4 is 14.2 Å². The first kappa shape index (κ1) is 17.3. The van der Waals surface area contributed by atoms with E-state index in [-0.39, 0.29) is 0 Å². The number of aliphatic carboxylic acids is 1. The Morgan fingerprint density at radius 2 is 1.81 bits per heavy atom. The van der Waals surface area contributed by atoms with Crippen LogP contribution in [0.15, 0.2) is 42.6 Å². The van der Waals surface area contributed by atoms with Crippen molar-refractivity contribution in [2.45, 2.75) is 0 Å². The maximum atomic E-state index is 10.9. The second-order valence-corrected chi connectivity index (χ2v) is 5.36. The van der Waals surface area contributed by atoms with E-state index in [1.54, 1.807) is 33.5 Å². The smallest absolute Gasteiger partial charge is 0.328 e. The van der Waals surface area contributed by atoms with E-state index in [9.17, 15) is 4.79 Å². The van der Waals surface area contributed by atoms with Crippen LogP contribution in [-0.4, -0.2) is 41.8 Å². The standard InChI is InChI=1S/C19H18N2O5/c1-24-15-10-12(11-16(25-2)18(15)26-3)19-20-13(7-8-17(22)23)14-6-4-5-9-21(14)19/h4-11H,1-3H3,(H,22,23). The Morgan fingerprint density at radius 3 is 2.38 bits per heavy atom. The van der Waals surface area contributed by atoms with E-state index in [1.807, 2.05) is 28.8 Å². The Balaban J connectivity index is 2.24. The minimum absolute atomic E-state index is 0.491. The summed E-state index contributed by atoms with van der Waals surface area (Å²) in [4.78, 5) is 15.5. The van der Waals surface area contributed by atoms with Gasteiger partial charge in [0.2, 0.25) is 5.75 Å². The summed E-state index contributed by atoms with van der Waals surface area (Å²) in [6, 6.07) is 9.21. The number of aromatic nitrogens is 2. The summed E-state index contributed by atoms with van der Waals surface area (Å²) in [5.74, 6) is 1.11. The van der Waals surface area contributed by atoms with Gasteiger partial charge in [-0.3, -0.25) is 4.40 Å². The maximum Gasteiger partial charge on any atom is 0.328 e. The Hall–Kier alpha value is -3.48. The molecule has 0 amide bonds. The van der Waals surface area contributed by atoms with Gasteiger partial charge < -0.3 is 19.3 Å². The third kappa shape index (κ3) is 3.06. The molecular formula is C19H18N2O5. The number of carboxylic acids is 1. The lowest BCUT2D eigenvalue weighted by Gasteiger charge is -2.13. The van der Waals surface area contributed by atoms with E-state index in [0.717, 1.165) is 17.2 Å². The van der Waals surface area contributed by atoms with E-state index in [1.165, 1.54) is 6.08 Å². The number of fused-ring (bicyclic) bond motifs is 1. The van der Waals surface area contributed by atoms with Gasteiger partial charge >= 0.3 is 5.97 Å². The molecule has 7 heteroatoms. The highest BCUT2D eigenvalue weighted by molar-refractivity contribution is 5.87. The highest BCUT2D eigenvalue weighted by atomic mass is 16.5. The topological polar surface area (TPSA) is 82.3 Å². The minimum Gasteiger partial charge on any atom is -0.493 e. The molecular weight excluding hydrogens is 336 g/mol. The van der Waals surface area contributed by atoms with Gasteiger partial charge in [0, 0.05) is 17.8 Å². The van der Waals surface area contributed by atoms with Gasteiger partial charge in [-0.05, 0) is 30.3 Å². The monoisotopic (exact) mass is 354 g/mol. The normalized spacial score (nSPS) is 11.0. The van der Waals surface area contributed by atoms with Gasteiger partial charge in [0.1, 0.15) is 5.82 Å². The molecule has 0 spiro atoms. The second-order valence-electron chi connectivity index (χ2n) is 5.36. The zero-order valence-electron chi connectivity index (χ0n) is 14.6. The van der Waals surface area contributed by atoms with Crippen LogP contribution in [0.2, 0.25) is 0 Å². The van der Waals surface area contributed by atoms with E-state index in [4.69, 9.17) is 19.3 Å². The van der Waals surface area contributed by atoms with Gasteiger partial charge in [0.15, 0.2) is 11.5 Å². The van der Waals surface area contributed by atoms with Crippen molar-refractivity contribution in [3.8, 4) is 28.6 Å². The Bertz CT molecular complexity index is 966. The van der Waals surface area contributed by atoms with Gasteiger partial charge in [-0.1, -0.05) is 6.07 Å². The first-order chi connectivity index (χ1) is 12.6. The highest BCUT2D eigenvalue weighted by Gasteiger charge is 2.18. The average Bonchev–Trinajstić information content (AvgIpc) is 3.04. The molecule has 0 atom stereocenters. The molecule has 26 heavy (non-hydrogen) atoms. The predicted octanol–water partition coefficient (Wildman–Crippen LogP) is 3.12. The number of imidazole rings is 1. The molecule has 0 aliphatic heterocycles. The third-order valence-electron chi connectivity index (χ3n) is 3.88. The summed E-state index contributed by atoms with van der Waals surface area (Å²) in [7, 11) is 4.64. The fourth-order valence-corrected chi connectivity index (χ4v) is 2.75. The maximum absolute atomic E-state index is 10.9. The molecule has 0 unspecified atom stereocenters. The van der Waals surface area contributed by atoms with Crippen molar-refractivity contribution in [3.05, 3.63) is 48.3 Å².